The number of hydrogen-bond acceptors (Lipinski definition) is 8. The highest BCUT2D eigenvalue weighted by Crippen LogP contribution is 2.33. The molecule has 1 aliphatic heterocycles. The van der Waals surface area contributed by atoms with Crippen molar-refractivity contribution in [3.05, 3.63) is 66.6 Å². The van der Waals surface area contributed by atoms with Crippen molar-refractivity contribution in [2.24, 2.45) is 0 Å². The van der Waals surface area contributed by atoms with Crippen LogP contribution in [0.1, 0.15) is 6.92 Å². The van der Waals surface area contributed by atoms with E-state index in [9.17, 15) is 17.2 Å². The molecule has 1 saturated heterocycles. The Bertz CT molecular complexity index is 1560. The van der Waals surface area contributed by atoms with Crippen molar-refractivity contribution < 1.29 is 26.7 Å². The Morgan fingerprint density at radius 3 is 2.59 bits per heavy atom. The molecule has 1 fully saturated rings. The van der Waals surface area contributed by atoms with E-state index in [-0.39, 0.29) is 18.2 Å². The molecule has 0 spiro atoms. The molecular weight excluding hydrogens is 504 g/mol. The summed E-state index contributed by atoms with van der Waals surface area (Å²) in [5, 5.41) is 0.825. The van der Waals surface area contributed by atoms with Crippen LogP contribution in [0.15, 0.2) is 59.9 Å². The number of anilines is 2. The smallest absolute Gasteiger partial charge is 0.264 e. The Morgan fingerprint density at radius 1 is 1.03 bits per heavy atom. The van der Waals surface area contributed by atoms with Gasteiger partial charge in [-0.3, -0.25) is 4.72 Å². The number of hydrogen-bond donors (Lipinski definition) is 1. The Kier molecular flexibility index (Phi) is 6.85. The average molecular weight is 528 g/mol. The van der Waals surface area contributed by atoms with E-state index in [1.54, 1.807) is 19.2 Å². The Labute approximate surface area is 212 Å². The first-order valence-electron chi connectivity index (χ1n) is 11.5. The summed E-state index contributed by atoms with van der Waals surface area (Å²) in [4.78, 5) is 14.6. The maximum Gasteiger partial charge on any atom is 0.264 e. The number of fused-ring (bicyclic) bond motifs is 1. The van der Waals surface area contributed by atoms with E-state index in [0.717, 1.165) is 34.4 Å². The van der Waals surface area contributed by atoms with Gasteiger partial charge in [-0.15, -0.1) is 0 Å². The second kappa shape index (κ2) is 10.2. The van der Waals surface area contributed by atoms with Crippen molar-refractivity contribution in [2.45, 2.75) is 11.8 Å². The van der Waals surface area contributed by atoms with Crippen molar-refractivity contribution >= 4 is 32.4 Å². The number of nitrogens with zero attached hydrogens (tertiary/aromatic N) is 4. The fourth-order valence-electron chi connectivity index (χ4n) is 4.08. The molecule has 0 atom stereocenters. The lowest BCUT2D eigenvalue weighted by Crippen LogP contribution is -2.36. The molecule has 1 aliphatic rings. The first-order chi connectivity index (χ1) is 17.9. The fraction of sp³-hybridized carbons (Fsp3) is 0.240. The predicted octanol–water partition coefficient (Wildman–Crippen LogP) is 4.01. The normalized spacial score (nSPS) is 14.1. The van der Waals surface area contributed by atoms with Gasteiger partial charge < -0.3 is 14.4 Å². The third-order valence-corrected chi connectivity index (χ3v) is 7.22. The van der Waals surface area contributed by atoms with Gasteiger partial charge in [0.1, 0.15) is 34.4 Å². The highest BCUT2D eigenvalue weighted by Gasteiger charge is 2.23. The summed E-state index contributed by atoms with van der Waals surface area (Å²) < 4.78 is 66.7. The van der Waals surface area contributed by atoms with Gasteiger partial charge in [-0.2, -0.15) is 0 Å². The van der Waals surface area contributed by atoms with Crippen molar-refractivity contribution in [1.82, 2.24) is 15.0 Å². The molecule has 4 aromatic rings. The number of aromatic nitrogens is 3. The molecule has 0 unspecified atom stereocenters. The van der Waals surface area contributed by atoms with Gasteiger partial charge in [0.2, 0.25) is 5.88 Å². The minimum Gasteiger partial charge on any atom is -0.476 e. The van der Waals surface area contributed by atoms with Gasteiger partial charge in [0.25, 0.3) is 10.0 Å². The summed E-state index contributed by atoms with van der Waals surface area (Å²) in [6, 6.07) is 9.40. The van der Waals surface area contributed by atoms with Crippen molar-refractivity contribution in [2.75, 3.05) is 42.5 Å². The molecule has 1 N–H and O–H groups in total. The van der Waals surface area contributed by atoms with Crippen LogP contribution in [0.2, 0.25) is 0 Å². The zero-order chi connectivity index (χ0) is 26.0. The second-order valence-electron chi connectivity index (χ2n) is 8.22. The van der Waals surface area contributed by atoms with Crippen LogP contribution in [0, 0.1) is 11.6 Å². The predicted molar refractivity (Wildman–Crippen MR) is 134 cm³/mol. The Hall–Kier alpha value is -3.90. The molecule has 0 saturated carbocycles. The first kappa shape index (κ1) is 24.8. The van der Waals surface area contributed by atoms with E-state index in [2.05, 4.69) is 24.6 Å². The standard InChI is InChI=1S/C25H23F2N5O4S/c1-2-36-25-22(31-37(33,34)23-6-4-18(26)13-20(23)27)12-17(14-28-25)16-3-5-21-19(11-16)24(30-15-29-21)32-7-9-35-10-8-32/h3-6,11-15,31H,2,7-10H2,1H3. The lowest BCUT2D eigenvalue weighted by molar-refractivity contribution is 0.122. The number of pyridine rings is 1. The minimum absolute atomic E-state index is 0.0147. The zero-order valence-corrected chi connectivity index (χ0v) is 20.6. The van der Waals surface area contributed by atoms with Crippen molar-refractivity contribution in [3.63, 3.8) is 0 Å². The van der Waals surface area contributed by atoms with Gasteiger partial charge in [0.15, 0.2) is 0 Å². The second-order valence-corrected chi connectivity index (χ2v) is 9.87. The number of sulfonamides is 1. The molecule has 12 heteroatoms. The molecular formula is C25H23F2N5O4S. The number of halogens is 2. The summed E-state index contributed by atoms with van der Waals surface area (Å²) in [6.45, 7) is 4.56. The number of nitrogens with one attached hydrogen (secondary N) is 1. The van der Waals surface area contributed by atoms with Gasteiger partial charge in [0.05, 0.1) is 25.3 Å². The molecule has 37 heavy (non-hydrogen) atoms. The summed E-state index contributed by atoms with van der Waals surface area (Å²) in [5.74, 6) is -1.29. The Morgan fingerprint density at radius 2 is 1.84 bits per heavy atom. The Balaban J connectivity index is 1.55. The molecule has 192 valence electrons. The van der Waals surface area contributed by atoms with Gasteiger partial charge in [-0.1, -0.05) is 6.07 Å². The molecule has 0 radical (unpaired) electrons. The van der Waals surface area contributed by atoms with Gasteiger partial charge in [0, 0.05) is 36.3 Å². The lowest BCUT2D eigenvalue weighted by Gasteiger charge is -2.28. The summed E-state index contributed by atoms with van der Waals surface area (Å²) in [6.07, 6.45) is 3.08. The van der Waals surface area contributed by atoms with E-state index in [1.807, 2.05) is 18.2 Å². The number of morpholine rings is 1. The minimum atomic E-state index is -4.41. The third kappa shape index (κ3) is 5.16. The average Bonchev–Trinajstić information content (AvgIpc) is 2.89. The van der Waals surface area contributed by atoms with Crippen LogP contribution in [-0.2, 0) is 14.8 Å². The lowest BCUT2D eigenvalue weighted by atomic mass is 10.0. The largest absolute Gasteiger partial charge is 0.476 e. The summed E-state index contributed by atoms with van der Waals surface area (Å²) >= 11 is 0. The van der Waals surface area contributed by atoms with Crippen LogP contribution in [0.25, 0.3) is 22.0 Å². The van der Waals surface area contributed by atoms with E-state index < -0.39 is 26.6 Å². The maximum atomic E-state index is 14.3. The van der Waals surface area contributed by atoms with Crippen LogP contribution in [0.4, 0.5) is 20.3 Å². The van der Waals surface area contributed by atoms with E-state index >= 15 is 0 Å². The van der Waals surface area contributed by atoms with Crippen LogP contribution in [0.3, 0.4) is 0 Å². The molecule has 0 amide bonds. The SMILES string of the molecule is CCOc1ncc(-c2ccc3ncnc(N4CCOCC4)c3c2)cc1NS(=O)(=O)c1ccc(F)cc1F. The molecule has 9 nitrogen and oxygen atoms in total. The topological polar surface area (TPSA) is 107 Å². The summed E-state index contributed by atoms with van der Waals surface area (Å²) in [7, 11) is -4.41. The van der Waals surface area contributed by atoms with Crippen LogP contribution >= 0.6 is 0 Å². The number of rotatable bonds is 7. The maximum absolute atomic E-state index is 14.3. The van der Waals surface area contributed by atoms with Crippen LogP contribution in [-0.4, -0.2) is 56.3 Å². The van der Waals surface area contributed by atoms with Crippen LogP contribution < -0.4 is 14.4 Å². The van der Waals surface area contributed by atoms with Gasteiger partial charge >= 0.3 is 0 Å². The zero-order valence-electron chi connectivity index (χ0n) is 19.8. The summed E-state index contributed by atoms with van der Waals surface area (Å²) in [5.41, 5.74) is 2.09. The molecule has 3 heterocycles. The number of benzene rings is 2. The molecule has 2 aromatic carbocycles. The number of ether oxygens (including phenoxy) is 2. The van der Waals surface area contributed by atoms with Crippen molar-refractivity contribution in [3.8, 4) is 17.0 Å². The van der Waals surface area contributed by atoms with Crippen LogP contribution in [0.5, 0.6) is 5.88 Å². The molecule has 0 aliphatic carbocycles. The first-order valence-corrected chi connectivity index (χ1v) is 13.0. The highest BCUT2D eigenvalue weighted by atomic mass is 32.2. The van der Waals surface area contributed by atoms with Crippen molar-refractivity contribution in [1.29, 1.82) is 0 Å². The molecule has 2 aromatic heterocycles. The third-order valence-electron chi connectivity index (χ3n) is 5.82. The quantitative estimate of drug-likeness (QED) is 0.384. The van der Waals surface area contributed by atoms with Gasteiger partial charge in [-0.05, 0) is 42.8 Å². The van der Waals surface area contributed by atoms with E-state index in [0.29, 0.717) is 37.9 Å². The van der Waals surface area contributed by atoms with Gasteiger partial charge in [-0.25, -0.2) is 32.2 Å². The fourth-order valence-corrected chi connectivity index (χ4v) is 5.19. The molecule has 5 rings (SSSR count). The monoisotopic (exact) mass is 527 g/mol. The van der Waals surface area contributed by atoms with E-state index in [4.69, 9.17) is 9.47 Å². The molecule has 0 bridgehead atoms. The van der Waals surface area contributed by atoms with E-state index in [1.165, 1.54) is 6.33 Å². The highest BCUT2D eigenvalue weighted by molar-refractivity contribution is 7.92.